The minimum Gasteiger partial charge on any atom is -0.356 e. The highest BCUT2D eigenvalue weighted by Crippen LogP contribution is 2.34. The first-order valence-electron chi connectivity index (χ1n) is 8.06. The van der Waals surface area contributed by atoms with Crippen molar-refractivity contribution < 1.29 is 0 Å². The van der Waals surface area contributed by atoms with Crippen molar-refractivity contribution in [2.45, 2.75) is 26.2 Å². The molecule has 0 heterocycles. The van der Waals surface area contributed by atoms with Crippen molar-refractivity contribution in [3.05, 3.63) is 95.6 Å². The first kappa shape index (κ1) is 15.4. The van der Waals surface area contributed by atoms with Crippen LogP contribution in [0.15, 0.2) is 78.9 Å². The molecule has 0 bridgehead atoms. The summed E-state index contributed by atoms with van der Waals surface area (Å²) >= 11 is 0. The quantitative estimate of drug-likeness (QED) is 0.617. The predicted octanol–water partition coefficient (Wildman–Crippen LogP) is 6.06. The summed E-state index contributed by atoms with van der Waals surface area (Å²) in [6, 6.07) is 27.6. The minimum atomic E-state index is -0.00335. The number of nitrogens with one attached hydrogen (secondary N) is 1. The molecule has 0 spiro atoms. The lowest BCUT2D eigenvalue weighted by atomic mass is 9.76. The fourth-order valence-corrected chi connectivity index (χ4v) is 3.09. The van der Waals surface area contributed by atoms with Gasteiger partial charge in [0.25, 0.3) is 0 Å². The summed E-state index contributed by atoms with van der Waals surface area (Å²) in [6.45, 7) is 6.76. The molecule has 1 heteroatoms. The van der Waals surface area contributed by atoms with E-state index in [9.17, 15) is 0 Å². The zero-order valence-electron chi connectivity index (χ0n) is 14.0. The topological polar surface area (TPSA) is 12.0 Å². The number of rotatable bonds is 4. The Morgan fingerprint density at radius 2 is 1.22 bits per heavy atom. The van der Waals surface area contributed by atoms with Gasteiger partial charge in [-0.05, 0) is 47.9 Å². The van der Waals surface area contributed by atoms with Crippen LogP contribution in [0.25, 0.3) is 0 Å². The summed E-state index contributed by atoms with van der Waals surface area (Å²) < 4.78 is 0. The zero-order chi connectivity index (χ0) is 16.3. The Morgan fingerprint density at radius 1 is 0.652 bits per heavy atom. The Hall–Kier alpha value is -2.54. The fraction of sp³-hybridized carbons (Fsp3) is 0.182. The molecular formula is C22H23N. The number of benzene rings is 3. The van der Waals surface area contributed by atoms with Gasteiger partial charge in [-0.2, -0.15) is 0 Å². The molecule has 3 rings (SSSR count). The van der Waals surface area contributed by atoms with E-state index in [1.165, 1.54) is 16.7 Å². The molecule has 3 aromatic carbocycles. The van der Waals surface area contributed by atoms with E-state index in [0.717, 1.165) is 11.4 Å². The minimum absolute atomic E-state index is 0.00335. The van der Waals surface area contributed by atoms with Gasteiger partial charge in [-0.15, -0.1) is 0 Å². The number of hydrogen-bond donors (Lipinski definition) is 1. The Labute approximate surface area is 139 Å². The average molecular weight is 301 g/mol. The largest absolute Gasteiger partial charge is 0.356 e. The second kappa shape index (κ2) is 6.29. The van der Waals surface area contributed by atoms with Crippen LogP contribution < -0.4 is 5.32 Å². The van der Waals surface area contributed by atoms with Gasteiger partial charge < -0.3 is 5.32 Å². The number of anilines is 2. The summed E-state index contributed by atoms with van der Waals surface area (Å²) in [4.78, 5) is 0. The molecule has 116 valence electrons. The van der Waals surface area contributed by atoms with Gasteiger partial charge >= 0.3 is 0 Å². The van der Waals surface area contributed by atoms with E-state index < -0.39 is 0 Å². The van der Waals surface area contributed by atoms with Crippen LogP contribution in [0.5, 0.6) is 0 Å². The predicted molar refractivity (Wildman–Crippen MR) is 99.5 cm³/mol. The lowest BCUT2D eigenvalue weighted by Crippen LogP contribution is -2.20. The number of aryl methyl sites for hydroxylation is 1. The van der Waals surface area contributed by atoms with Crippen molar-refractivity contribution in [2.24, 2.45) is 0 Å². The van der Waals surface area contributed by atoms with E-state index in [1.807, 2.05) is 18.2 Å². The van der Waals surface area contributed by atoms with Gasteiger partial charge in [-0.25, -0.2) is 0 Å². The molecule has 23 heavy (non-hydrogen) atoms. The highest BCUT2D eigenvalue weighted by molar-refractivity contribution is 5.60. The molecule has 0 unspecified atom stereocenters. The van der Waals surface area contributed by atoms with Gasteiger partial charge in [0.2, 0.25) is 0 Å². The van der Waals surface area contributed by atoms with Crippen LogP contribution in [0.1, 0.15) is 30.5 Å². The standard InChI is InChI=1S/C22H23N/c1-17-9-7-8-12-21(17)22(2,3)18-13-15-20(16-14-18)23-19-10-5-4-6-11-19/h4-16,23H,1-3H3. The van der Waals surface area contributed by atoms with Crippen LogP contribution in [0.3, 0.4) is 0 Å². The molecule has 0 saturated carbocycles. The summed E-state index contributed by atoms with van der Waals surface area (Å²) in [5.41, 5.74) is 6.26. The molecule has 0 atom stereocenters. The fourth-order valence-electron chi connectivity index (χ4n) is 3.09. The molecule has 3 aromatic rings. The third-order valence-electron chi connectivity index (χ3n) is 4.49. The van der Waals surface area contributed by atoms with Gasteiger partial charge in [0, 0.05) is 16.8 Å². The molecule has 1 N–H and O–H groups in total. The van der Waals surface area contributed by atoms with Crippen LogP contribution in [-0.4, -0.2) is 0 Å². The van der Waals surface area contributed by atoms with Crippen molar-refractivity contribution in [1.82, 2.24) is 0 Å². The first-order chi connectivity index (χ1) is 11.1. The van der Waals surface area contributed by atoms with Crippen molar-refractivity contribution in [3.8, 4) is 0 Å². The maximum atomic E-state index is 3.43. The molecule has 1 nitrogen and oxygen atoms in total. The van der Waals surface area contributed by atoms with Crippen LogP contribution in [0.2, 0.25) is 0 Å². The van der Waals surface area contributed by atoms with Crippen molar-refractivity contribution >= 4 is 11.4 Å². The van der Waals surface area contributed by atoms with E-state index in [1.54, 1.807) is 0 Å². The molecule has 0 aliphatic heterocycles. The third kappa shape index (κ3) is 3.29. The SMILES string of the molecule is Cc1ccccc1C(C)(C)c1ccc(Nc2ccccc2)cc1. The maximum Gasteiger partial charge on any atom is 0.0384 e. The van der Waals surface area contributed by atoms with Gasteiger partial charge in [0.1, 0.15) is 0 Å². The second-order valence-corrected chi connectivity index (χ2v) is 6.51. The van der Waals surface area contributed by atoms with Crippen molar-refractivity contribution in [1.29, 1.82) is 0 Å². The summed E-state index contributed by atoms with van der Waals surface area (Å²) in [6.07, 6.45) is 0. The van der Waals surface area contributed by atoms with E-state index in [4.69, 9.17) is 0 Å². The number of para-hydroxylation sites is 1. The monoisotopic (exact) mass is 301 g/mol. The smallest absolute Gasteiger partial charge is 0.0384 e. The Balaban J connectivity index is 1.85. The highest BCUT2D eigenvalue weighted by Gasteiger charge is 2.24. The van der Waals surface area contributed by atoms with E-state index in [2.05, 4.69) is 86.8 Å². The van der Waals surface area contributed by atoms with Gasteiger partial charge in [-0.3, -0.25) is 0 Å². The third-order valence-corrected chi connectivity index (χ3v) is 4.49. The summed E-state index contributed by atoms with van der Waals surface area (Å²) in [7, 11) is 0. The summed E-state index contributed by atoms with van der Waals surface area (Å²) in [5.74, 6) is 0. The number of hydrogen-bond acceptors (Lipinski definition) is 1. The first-order valence-corrected chi connectivity index (χ1v) is 8.06. The average Bonchev–Trinajstić information content (AvgIpc) is 2.56. The molecule has 0 aromatic heterocycles. The lowest BCUT2D eigenvalue weighted by Gasteiger charge is -2.28. The highest BCUT2D eigenvalue weighted by atomic mass is 14.9. The Bertz CT molecular complexity index is 771. The van der Waals surface area contributed by atoms with Crippen molar-refractivity contribution in [2.75, 3.05) is 5.32 Å². The van der Waals surface area contributed by atoms with E-state index in [0.29, 0.717) is 0 Å². The molecule has 0 fully saturated rings. The van der Waals surface area contributed by atoms with Crippen LogP contribution in [0.4, 0.5) is 11.4 Å². The zero-order valence-corrected chi connectivity index (χ0v) is 14.0. The molecule has 0 radical (unpaired) electrons. The van der Waals surface area contributed by atoms with Crippen molar-refractivity contribution in [3.63, 3.8) is 0 Å². The van der Waals surface area contributed by atoms with Crippen LogP contribution in [0, 0.1) is 6.92 Å². The molecule has 0 amide bonds. The molecule has 0 aliphatic carbocycles. The van der Waals surface area contributed by atoms with E-state index >= 15 is 0 Å². The Morgan fingerprint density at radius 3 is 1.87 bits per heavy atom. The molecular weight excluding hydrogens is 278 g/mol. The molecule has 0 saturated heterocycles. The Kier molecular flexibility index (Phi) is 4.20. The van der Waals surface area contributed by atoms with E-state index in [-0.39, 0.29) is 5.41 Å². The maximum absolute atomic E-state index is 3.43. The molecule has 0 aliphatic rings. The second-order valence-electron chi connectivity index (χ2n) is 6.51. The van der Waals surface area contributed by atoms with Gasteiger partial charge in [0.15, 0.2) is 0 Å². The van der Waals surface area contributed by atoms with Gasteiger partial charge in [-0.1, -0.05) is 68.4 Å². The van der Waals surface area contributed by atoms with Crippen LogP contribution in [-0.2, 0) is 5.41 Å². The summed E-state index contributed by atoms with van der Waals surface area (Å²) in [5, 5.41) is 3.43. The van der Waals surface area contributed by atoms with Gasteiger partial charge in [0.05, 0.1) is 0 Å². The van der Waals surface area contributed by atoms with Crippen LogP contribution >= 0.6 is 0 Å². The lowest BCUT2D eigenvalue weighted by molar-refractivity contribution is 0.636. The normalized spacial score (nSPS) is 11.3.